The number of thioether (sulfide) groups is 1. The number of rotatable bonds is 3. The number of amides is 2. The molecule has 0 N–H and O–H groups in total. The van der Waals surface area contributed by atoms with E-state index in [1.807, 2.05) is 6.92 Å². The summed E-state index contributed by atoms with van der Waals surface area (Å²) in [6, 6.07) is 6.86. The molecule has 1 unspecified atom stereocenters. The molecule has 5 nitrogen and oxygen atoms in total. The van der Waals surface area contributed by atoms with Crippen LogP contribution in [0.5, 0.6) is 0 Å². The lowest BCUT2D eigenvalue weighted by Crippen LogP contribution is -2.31. The molecule has 0 spiro atoms. The van der Waals surface area contributed by atoms with Crippen molar-refractivity contribution >= 4 is 40.9 Å². The molecule has 0 aliphatic carbocycles. The fourth-order valence-corrected chi connectivity index (χ4v) is 3.34. The molecule has 1 aromatic heterocycles. The van der Waals surface area contributed by atoms with Gasteiger partial charge in [-0.1, -0.05) is 29.4 Å². The Bertz CT molecular complexity index is 739. The Morgan fingerprint density at radius 2 is 2.00 bits per heavy atom. The first-order chi connectivity index (χ1) is 10.6. The molecule has 2 heterocycles. The van der Waals surface area contributed by atoms with Gasteiger partial charge in [0.1, 0.15) is 5.25 Å². The van der Waals surface area contributed by atoms with Gasteiger partial charge in [-0.15, -0.1) is 0 Å². The summed E-state index contributed by atoms with van der Waals surface area (Å²) in [4.78, 5) is 34.2. The van der Waals surface area contributed by atoms with Gasteiger partial charge in [-0.05, 0) is 30.7 Å². The standard InChI is InChI=1S/C15H12ClN3O2S/c1-9-3-4-10(16)7-11(9)19-13(20)8-12(14(19)21)22-15-17-5-2-6-18-15/h2-7,12H,8H2,1H3. The Morgan fingerprint density at radius 1 is 1.27 bits per heavy atom. The van der Waals surface area contributed by atoms with Crippen molar-refractivity contribution in [3.63, 3.8) is 0 Å². The van der Waals surface area contributed by atoms with Gasteiger partial charge in [0.15, 0.2) is 5.16 Å². The number of hydrogen-bond acceptors (Lipinski definition) is 5. The van der Waals surface area contributed by atoms with E-state index in [9.17, 15) is 9.59 Å². The van der Waals surface area contributed by atoms with E-state index in [1.165, 1.54) is 16.7 Å². The zero-order valence-electron chi connectivity index (χ0n) is 11.7. The molecule has 112 valence electrons. The molecule has 1 atom stereocenters. The van der Waals surface area contributed by atoms with Crippen LogP contribution in [-0.4, -0.2) is 27.0 Å². The fraction of sp³-hybridized carbons (Fsp3) is 0.200. The number of hydrogen-bond donors (Lipinski definition) is 0. The Kier molecular flexibility index (Phi) is 4.13. The highest BCUT2D eigenvalue weighted by molar-refractivity contribution is 8.00. The van der Waals surface area contributed by atoms with Crippen LogP contribution in [0.25, 0.3) is 0 Å². The number of carbonyl (C=O) groups excluding carboxylic acids is 2. The van der Waals surface area contributed by atoms with Crippen molar-refractivity contribution in [2.75, 3.05) is 4.90 Å². The first-order valence-corrected chi connectivity index (χ1v) is 7.88. The predicted molar refractivity (Wildman–Crippen MR) is 85.0 cm³/mol. The summed E-state index contributed by atoms with van der Waals surface area (Å²) < 4.78 is 0. The lowest BCUT2D eigenvalue weighted by molar-refractivity contribution is -0.121. The number of halogens is 1. The van der Waals surface area contributed by atoms with Gasteiger partial charge in [0.25, 0.3) is 0 Å². The zero-order valence-corrected chi connectivity index (χ0v) is 13.3. The van der Waals surface area contributed by atoms with Crippen LogP contribution < -0.4 is 4.90 Å². The number of aromatic nitrogens is 2. The van der Waals surface area contributed by atoms with Gasteiger partial charge in [-0.25, -0.2) is 14.9 Å². The highest BCUT2D eigenvalue weighted by Crippen LogP contribution is 2.34. The third kappa shape index (κ3) is 2.84. The number of aryl methyl sites for hydroxylation is 1. The number of benzene rings is 1. The molecule has 0 bridgehead atoms. The monoisotopic (exact) mass is 333 g/mol. The number of anilines is 1. The molecule has 3 rings (SSSR count). The molecule has 1 aromatic carbocycles. The van der Waals surface area contributed by atoms with Gasteiger partial charge in [-0.2, -0.15) is 0 Å². The molecular weight excluding hydrogens is 322 g/mol. The third-order valence-electron chi connectivity index (χ3n) is 3.31. The van der Waals surface area contributed by atoms with Gasteiger partial charge in [-0.3, -0.25) is 9.59 Å². The zero-order chi connectivity index (χ0) is 15.7. The number of carbonyl (C=O) groups is 2. The molecule has 22 heavy (non-hydrogen) atoms. The molecule has 2 aromatic rings. The normalized spacial score (nSPS) is 18.1. The molecule has 1 fully saturated rings. The topological polar surface area (TPSA) is 63.2 Å². The van der Waals surface area contributed by atoms with E-state index in [2.05, 4.69) is 9.97 Å². The molecule has 0 radical (unpaired) electrons. The first-order valence-electron chi connectivity index (χ1n) is 6.63. The largest absolute Gasteiger partial charge is 0.274 e. The van der Waals surface area contributed by atoms with E-state index in [0.717, 1.165) is 5.56 Å². The van der Waals surface area contributed by atoms with Crippen molar-refractivity contribution in [2.45, 2.75) is 23.8 Å². The van der Waals surface area contributed by atoms with Gasteiger partial charge < -0.3 is 0 Å². The van der Waals surface area contributed by atoms with Gasteiger partial charge >= 0.3 is 0 Å². The minimum Gasteiger partial charge on any atom is -0.274 e. The van der Waals surface area contributed by atoms with E-state index in [0.29, 0.717) is 15.9 Å². The summed E-state index contributed by atoms with van der Waals surface area (Å²) in [6.07, 6.45) is 3.35. The van der Waals surface area contributed by atoms with Crippen molar-refractivity contribution in [1.29, 1.82) is 0 Å². The number of imide groups is 1. The van der Waals surface area contributed by atoms with Crippen molar-refractivity contribution < 1.29 is 9.59 Å². The van der Waals surface area contributed by atoms with Crippen LogP contribution in [-0.2, 0) is 9.59 Å². The average molecular weight is 334 g/mol. The lowest BCUT2D eigenvalue weighted by Gasteiger charge is -2.17. The molecule has 1 aliphatic rings. The second-order valence-corrected chi connectivity index (χ2v) is 6.45. The molecule has 1 aliphatic heterocycles. The Balaban J connectivity index is 1.87. The Labute approximate surface area is 136 Å². The SMILES string of the molecule is Cc1ccc(Cl)cc1N1C(=O)CC(Sc2ncccn2)C1=O. The molecule has 0 saturated carbocycles. The second kappa shape index (κ2) is 6.06. The lowest BCUT2D eigenvalue weighted by atomic mass is 10.2. The smallest absolute Gasteiger partial charge is 0.247 e. The highest BCUT2D eigenvalue weighted by Gasteiger charge is 2.41. The van der Waals surface area contributed by atoms with Crippen molar-refractivity contribution in [3.8, 4) is 0 Å². The van der Waals surface area contributed by atoms with E-state index in [4.69, 9.17) is 11.6 Å². The van der Waals surface area contributed by atoms with Crippen molar-refractivity contribution in [1.82, 2.24) is 9.97 Å². The van der Waals surface area contributed by atoms with Crippen LogP contribution in [0, 0.1) is 6.92 Å². The van der Waals surface area contributed by atoms with Crippen molar-refractivity contribution in [2.24, 2.45) is 0 Å². The average Bonchev–Trinajstić information content (AvgIpc) is 2.77. The fourth-order valence-electron chi connectivity index (χ4n) is 2.25. The van der Waals surface area contributed by atoms with Crippen LogP contribution >= 0.6 is 23.4 Å². The summed E-state index contributed by atoms with van der Waals surface area (Å²) in [5.74, 6) is -0.489. The summed E-state index contributed by atoms with van der Waals surface area (Å²) in [6.45, 7) is 1.84. The van der Waals surface area contributed by atoms with E-state index < -0.39 is 5.25 Å². The van der Waals surface area contributed by atoms with Gasteiger partial charge in [0, 0.05) is 23.8 Å². The summed E-state index contributed by atoms with van der Waals surface area (Å²) >= 11 is 7.19. The predicted octanol–water partition coefficient (Wildman–Crippen LogP) is 2.86. The minimum atomic E-state index is -0.506. The highest BCUT2D eigenvalue weighted by atomic mass is 35.5. The van der Waals surface area contributed by atoms with Crippen LogP contribution in [0.3, 0.4) is 0 Å². The van der Waals surface area contributed by atoms with E-state index in [1.54, 1.807) is 36.7 Å². The van der Waals surface area contributed by atoms with E-state index in [-0.39, 0.29) is 18.2 Å². The first kappa shape index (κ1) is 15.0. The molecule has 2 amide bonds. The van der Waals surface area contributed by atoms with Crippen LogP contribution in [0.15, 0.2) is 41.8 Å². The minimum absolute atomic E-state index is 0.133. The maximum absolute atomic E-state index is 12.6. The van der Waals surface area contributed by atoms with E-state index >= 15 is 0 Å². The Hall–Kier alpha value is -1.92. The maximum Gasteiger partial charge on any atom is 0.247 e. The third-order valence-corrected chi connectivity index (χ3v) is 4.62. The summed E-state index contributed by atoms with van der Waals surface area (Å²) in [5, 5.41) is 0.468. The quantitative estimate of drug-likeness (QED) is 0.638. The number of nitrogens with zero attached hydrogens (tertiary/aromatic N) is 3. The Morgan fingerprint density at radius 3 is 2.73 bits per heavy atom. The van der Waals surface area contributed by atoms with Crippen LogP contribution in [0.1, 0.15) is 12.0 Å². The molecule has 1 saturated heterocycles. The van der Waals surface area contributed by atoms with Gasteiger partial charge in [0.2, 0.25) is 11.8 Å². The van der Waals surface area contributed by atoms with Crippen LogP contribution in [0.4, 0.5) is 5.69 Å². The maximum atomic E-state index is 12.6. The summed E-state index contributed by atoms with van der Waals surface area (Å²) in [7, 11) is 0. The van der Waals surface area contributed by atoms with Crippen LogP contribution in [0.2, 0.25) is 5.02 Å². The molecule has 7 heteroatoms. The molecular formula is C15H12ClN3O2S. The van der Waals surface area contributed by atoms with Crippen molar-refractivity contribution in [3.05, 3.63) is 47.2 Å². The van der Waals surface area contributed by atoms with Gasteiger partial charge in [0.05, 0.1) is 5.69 Å². The summed E-state index contributed by atoms with van der Waals surface area (Å²) in [5.41, 5.74) is 1.37. The second-order valence-electron chi connectivity index (χ2n) is 4.84.